The van der Waals surface area contributed by atoms with E-state index in [2.05, 4.69) is 36.7 Å². The van der Waals surface area contributed by atoms with Gasteiger partial charge in [0.05, 0.1) is 10.6 Å². The van der Waals surface area contributed by atoms with Gasteiger partial charge >= 0.3 is 0 Å². The number of nitrogens with zero attached hydrogens (tertiary/aromatic N) is 3. The Morgan fingerprint density at radius 2 is 1.83 bits per heavy atom. The summed E-state index contributed by atoms with van der Waals surface area (Å²) >= 11 is 14.1. The molecule has 8 heteroatoms. The maximum absolute atomic E-state index is 13.2. The molecule has 0 saturated carbocycles. The van der Waals surface area contributed by atoms with Gasteiger partial charge in [0.2, 0.25) is 0 Å². The summed E-state index contributed by atoms with van der Waals surface area (Å²) in [4.78, 5) is 22.1. The van der Waals surface area contributed by atoms with Crippen molar-refractivity contribution in [3.8, 4) is 0 Å². The van der Waals surface area contributed by atoms with Crippen LogP contribution in [0.3, 0.4) is 0 Å². The molecular formula is C21H24Cl2FN3OS. The van der Waals surface area contributed by atoms with E-state index < -0.39 is 5.82 Å². The summed E-state index contributed by atoms with van der Waals surface area (Å²) in [6.45, 7) is 8.95. The van der Waals surface area contributed by atoms with Crippen molar-refractivity contribution in [1.29, 1.82) is 0 Å². The molecule has 156 valence electrons. The first kappa shape index (κ1) is 22.2. The van der Waals surface area contributed by atoms with Gasteiger partial charge in [0.1, 0.15) is 16.8 Å². The largest absolute Gasteiger partial charge is 0.353 e. The lowest BCUT2D eigenvalue weighted by atomic mass is 10.0. The standard InChI is InChI=1S/C21H24Cl2FN3OS/c1-21(2,3)13-29-15-11-18(23)25-19(12-15)26-6-8-27(9-7-26)20(28)16-5-4-14(24)10-17(16)22/h4-5,10-12H,6-9,13H2,1-3H3. The molecule has 0 aliphatic carbocycles. The second-order valence-electron chi connectivity index (χ2n) is 8.24. The van der Waals surface area contributed by atoms with E-state index in [1.54, 1.807) is 16.7 Å². The highest BCUT2D eigenvalue weighted by Crippen LogP contribution is 2.31. The molecule has 0 bridgehead atoms. The Labute approximate surface area is 185 Å². The van der Waals surface area contributed by atoms with Crippen LogP contribution in [0.25, 0.3) is 0 Å². The molecule has 2 aromatic rings. The minimum Gasteiger partial charge on any atom is -0.353 e. The Kier molecular flexibility index (Phi) is 6.97. The van der Waals surface area contributed by atoms with Crippen LogP contribution in [0.4, 0.5) is 10.2 Å². The molecule has 0 radical (unpaired) electrons. The van der Waals surface area contributed by atoms with Gasteiger partial charge in [-0.05, 0) is 35.7 Å². The molecule has 2 heterocycles. The lowest BCUT2D eigenvalue weighted by molar-refractivity contribution is 0.0746. The quantitative estimate of drug-likeness (QED) is 0.442. The Balaban J connectivity index is 1.66. The van der Waals surface area contributed by atoms with Crippen LogP contribution in [0.15, 0.2) is 35.2 Å². The molecule has 1 fully saturated rings. The number of carbonyl (C=O) groups is 1. The second-order valence-corrected chi connectivity index (χ2v) is 10.1. The molecule has 1 amide bonds. The highest BCUT2D eigenvalue weighted by Gasteiger charge is 2.25. The van der Waals surface area contributed by atoms with E-state index in [4.69, 9.17) is 23.2 Å². The fourth-order valence-corrected chi connectivity index (χ4v) is 4.48. The number of thioether (sulfide) groups is 1. The lowest BCUT2D eigenvalue weighted by Gasteiger charge is -2.35. The van der Waals surface area contributed by atoms with Crippen LogP contribution in [0.5, 0.6) is 0 Å². The molecule has 0 unspecified atom stereocenters. The van der Waals surface area contributed by atoms with Gasteiger partial charge in [-0.1, -0.05) is 44.0 Å². The van der Waals surface area contributed by atoms with Gasteiger partial charge < -0.3 is 9.80 Å². The molecule has 1 aromatic heterocycles. The van der Waals surface area contributed by atoms with Crippen molar-refractivity contribution in [2.75, 3.05) is 36.8 Å². The van der Waals surface area contributed by atoms with E-state index in [9.17, 15) is 9.18 Å². The summed E-state index contributed by atoms with van der Waals surface area (Å²) in [5.74, 6) is 1.16. The molecule has 1 saturated heterocycles. The van der Waals surface area contributed by atoms with Crippen molar-refractivity contribution in [2.24, 2.45) is 5.41 Å². The van der Waals surface area contributed by atoms with Crippen molar-refractivity contribution < 1.29 is 9.18 Å². The van der Waals surface area contributed by atoms with Crippen LogP contribution in [0.2, 0.25) is 10.2 Å². The number of halogens is 3. The van der Waals surface area contributed by atoms with Crippen molar-refractivity contribution in [2.45, 2.75) is 25.7 Å². The summed E-state index contributed by atoms with van der Waals surface area (Å²) in [5.41, 5.74) is 0.539. The van der Waals surface area contributed by atoms with Crippen LogP contribution in [-0.2, 0) is 0 Å². The number of pyridine rings is 1. The van der Waals surface area contributed by atoms with E-state index in [1.165, 1.54) is 12.1 Å². The SMILES string of the molecule is CC(C)(C)CSc1cc(Cl)nc(N2CCN(C(=O)c3ccc(F)cc3Cl)CC2)c1. The summed E-state index contributed by atoms with van der Waals surface area (Å²) in [6.07, 6.45) is 0. The van der Waals surface area contributed by atoms with Crippen LogP contribution >= 0.6 is 35.0 Å². The Morgan fingerprint density at radius 1 is 1.14 bits per heavy atom. The highest BCUT2D eigenvalue weighted by molar-refractivity contribution is 7.99. The number of hydrogen-bond acceptors (Lipinski definition) is 4. The maximum Gasteiger partial charge on any atom is 0.255 e. The van der Waals surface area contributed by atoms with Crippen molar-refractivity contribution in [1.82, 2.24) is 9.88 Å². The van der Waals surface area contributed by atoms with Crippen molar-refractivity contribution in [3.63, 3.8) is 0 Å². The third-order valence-electron chi connectivity index (χ3n) is 4.48. The van der Waals surface area contributed by atoms with Crippen LogP contribution in [0.1, 0.15) is 31.1 Å². The average molecular weight is 456 g/mol. The summed E-state index contributed by atoms with van der Waals surface area (Å²) < 4.78 is 13.2. The van der Waals surface area contributed by atoms with E-state index in [0.717, 1.165) is 22.5 Å². The highest BCUT2D eigenvalue weighted by atomic mass is 35.5. The zero-order chi connectivity index (χ0) is 21.2. The summed E-state index contributed by atoms with van der Waals surface area (Å²) in [5, 5.41) is 0.602. The first-order chi connectivity index (χ1) is 13.6. The molecule has 4 nitrogen and oxygen atoms in total. The van der Waals surface area contributed by atoms with E-state index in [-0.39, 0.29) is 16.3 Å². The van der Waals surface area contributed by atoms with Gasteiger partial charge in [-0.3, -0.25) is 4.79 Å². The smallest absolute Gasteiger partial charge is 0.255 e. The normalized spacial score (nSPS) is 15.0. The predicted octanol–water partition coefficient (Wildman–Crippen LogP) is 5.63. The van der Waals surface area contributed by atoms with Gasteiger partial charge in [0.15, 0.2) is 0 Å². The molecule has 29 heavy (non-hydrogen) atoms. The monoisotopic (exact) mass is 455 g/mol. The number of rotatable bonds is 4. The van der Waals surface area contributed by atoms with Crippen LogP contribution < -0.4 is 4.90 Å². The Hall–Kier alpha value is -1.50. The average Bonchev–Trinajstić information content (AvgIpc) is 2.65. The molecule has 1 aliphatic rings. The predicted molar refractivity (Wildman–Crippen MR) is 119 cm³/mol. The molecule has 1 aliphatic heterocycles. The minimum atomic E-state index is -0.455. The molecule has 0 N–H and O–H groups in total. The number of anilines is 1. The zero-order valence-electron chi connectivity index (χ0n) is 16.7. The van der Waals surface area contributed by atoms with E-state index >= 15 is 0 Å². The first-order valence-corrected chi connectivity index (χ1v) is 11.2. The van der Waals surface area contributed by atoms with Crippen LogP contribution in [-0.4, -0.2) is 47.7 Å². The lowest BCUT2D eigenvalue weighted by Crippen LogP contribution is -2.49. The maximum atomic E-state index is 13.2. The third-order valence-corrected chi connectivity index (χ3v) is 6.56. The second kappa shape index (κ2) is 9.11. The van der Waals surface area contributed by atoms with Crippen LogP contribution in [0, 0.1) is 11.2 Å². The van der Waals surface area contributed by atoms with Crippen molar-refractivity contribution in [3.05, 3.63) is 51.9 Å². The summed E-state index contributed by atoms with van der Waals surface area (Å²) in [6, 6.07) is 7.79. The molecule has 0 atom stereocenters. The Bertz CT molecular complexity index is 896. The van der Waals surface area contributed by atoms with Gasteiger partial charge in [-0.15, -0.1) is 11.8 Å². The topological polar surface area (TPSA) is 36.4 Å². The fourth-order valence-electron chi connectivity index (χ4n) is 2.98. The van der Waals surface area contributed by atoms with E-state index in [0.29, 0.717) is 36.9 Å². The number of piperazine rings is 1. The van der Waals surface area contributed by atoms with Crippen molar-refractivity contribution >= 4 is 46.7 Å². The number of amides is 1. The first-order valence-electron chi connectivity index (χ1n) is 9.42. The number of aromatic nitrogens is 1. The number of carbonyl (C=O) groups excluding carboxylic acids is 1. The minimum absolute atomic E-state index is 0.134. The molecular weight excluding hydrogens is 432 g/mol. The fraction of sp³-hybridized carbons (Fsp3) is 0.429. The molecule has 3 rings (SSSR count). The summed E-state index contributed by atoms with van der Waals surface area (Å²) in [7, 11) is 0. The molecule has 1 aromatic carbocycles. The third kappa shape index (κ3) is 6.00. The van der Waals surface area contributed by atoms with Gasteiger partial charge in [-0.2, -0.15) is 0 Å². The Morgan fingerprint density at radius 3 is 2.45 bits per heavy atom. The van der Waals surface area contributed by atoms with Gasteiger partial charge in [0.25, 0.3) is 5.91 Å². The number of hydrogen-bond donors (Lipinski definition) is 0. The van der Waals surface area contributed by atoms with Gasteiger partial charge in [-0.25, -0.2) is 9.37 Å². The number of benzene rings is 1. The van der Waals surface area contributed by atoms with E-state index in [1.807, 2.05) is 6.07 Å². The molecule has 0 spiro atoms. The zero-order valence-corrected chi connectivity index (χ0v) is 19.0. The van der Waals surface area contributed by atoms with Gasteiger partial charge in [0, 0.05) is 36.8 Å².